The first-order chi connectivity index (χ1) is 19.4. The summed E-state index contributed by atoms with van der Waals surface area (Å²) in [5, 5.41) is 15.4. The molecule has 2 aliphatic rings. The van der Waals surface area contributed by atoms with Gasteiger partial charge in [-0.1, -0.05) is 11.6 Å². The number of hydrogen-bond donors (Lipinski definition) is 2. The highest BCUT2D eigenvalue weighted by atomic mass is 35.5. The monoisotopic (exact) mass is 562 g/mol. The van der Waals surface area contributed by atoms with Gasteiger partial charge >= 0.3 is 0 Å². The van der Waals surface area contributed by atoms with Gasteiger partial charge in [-0.15, -0.1) is 0 Å². The molecule has 1 aromatic carbocycles. The number of nitrogens with zero attached hydrogens (tertiary/aromatic N) is 6. The minimum atomic E-state index is -0.398. The van der Waals surface area contributed by atoms with Gasteiger partial charge in [-0.05, 0) is 37.1 Å². The lowest BCUT2D eigenvalue weighted by Gasteiger charge is -2.27. The number of methoxy groups -OCH3 is 1. The molecule has 40 heavy (non-hydrogen) atoms. The fraction of sp³-hybridized carbons (Fsp3) is 0.333. The molecule has 4 aromatic rings. The Labute approximate surface area is 234 Å². The molecular formula is C27H27ClN8O4. The van der Waals surface area contributed by atoms with Crippen LogP contribution in [-0.4, -0.2) is 72.7 Å². The fourth-order valence-corrected chi connectivity index (χ4v) is 5.52. The first-order valence-corrected chi connectivity index (χ1v) is 13.4. The smallest absolute Gasteiger partial charge is 0.261 e. The Kier molecular flexibility index (Phi) is 6.84. The van der Waals surface area contributed by atoms with Crippen LogP contribution in [0.1, 0.15) is 36.0 Å². The van der Waals surface area contributed by atoms with E-state index >= 15 is 0 Å². The topological polar surface area (TPSA) is 136 Å². The van der Waals surface area contributed by atoms with E-state index in [1.165, 1.54) is 10.7 Å². The second kappa shape index (κ2) is 10.6. The molecule has 0 radical (unpaired) electrons. The minimum Gasteiger partial charge on any atom is -0.496 e. The number of halogens is 1. The molecule has 13 heteroatoms. The Balaban J connectivity index is 1.32. The van der Waals surface area contributed by atoms with Crippen molar-refractivity contribution in [1.29, 1.82) is 0 Å². The summed E-state index contributed by atoms with van der Waals surface area (Å²) in [5.74, 6) is 0.217. The summed E-state index contributed by atoms with van der Waals surface area (Å²) >= 11 is 6.33. The maximum atomic E-state index is 13.4. The maximum absolute atomic E-state index is 13.4. The quantitative estimate of drug-likeness (QED) is 0.337. The predicted molar refractivity (Wildman–Crippen MR) is 146 cm³/mol. The fourth-order valence-electron chi connectivity index (χ4n) is 5.35. The third kappa shape index (κ3) is 4.97. The van der Waals surface area contributed by atoms with Gasteiger partial charge in [0.1, 0.15) is 17.0 Å². The van der Waals surface area contributed by atoms with Gasteiger partial charge in [0.05, 0.1) is 31.6 Å². The van der Waals surface area contributed by atoms with Crippen LogP contribution < -0.4 is 15.4 Å². The lowest BCUT2D eigenvalue weighted by molar-refractivity contribution is -0.129. The normalized spacial score (nSPS) is 18.9. The number of nitrogens with one attached hydrogen (secondary N) is 2. The highest BCUT2D eigenvalue weighted by molar-refractivity contribution is 6.31. The van der Waals surface area contributed by atoms with Crippen LogP contribution in [0.3, 0.4) is 0 Å². The first kappa shape index (κ1) is 25.8. The Morgan fingerprint density at radius 3 is 2.90 bits per heavy atom. The highest BCUT2D eigenvalue weighted by Crippen LogP contribution is 2.36. The van der Waals surface area contributed by atoms with Gasteiger partial charge in [0.15, 0.2) is 5.65 Å². The zero-order valence-electron chi connectivity index (χ0n) is 21.7. The van der Waals surface area contributed by atoms with Crippen molar-refractivity contribution in [3.05, 3.63) is 59.6 Å². The highest BCUT2D eigenvalue weighted by Gasteiger charge is 2.35. The Morgan fingerprint density at radius 2 is 2.10 bits per heavy atom. The predicted octanol–water partition coefficient (Wildman–Crippen LogP) is 2.78. The molecule has 0 saturated carbocycles. The Morgan fingerprint density at radius 1 is 1.23 bits per heavy atom. The molecule has 5 heterocycles. The van der Waals surface area contributed by atoms with Crippen molar-refractivity contribution in [2.45, 2.75) is 44.3 Å². The van der Waals surface area contributed by atoms with Crippen LogP contribution in [-0.2, 0) is 16.1 Å². The van der Waals surface area contributed by atoms with E-state index in [9.17, 15) is 14.4 Å². The molecule has 0 aliphatic carbocycles. The Hall–Kier alpha value is -4.45. The number of rotatable bonds is 8. The molecule has 206 valence electrons. The van der Waals surface area contributed by atoms with Gasteiger partial charge in [0, 0.05) is 54.6 Å². The second-order valence-corrected chi connectivity index (χ2v) is 10.3. The average Bonchev–Trinajstić information content (AvgIpc) is 3.73. The summed E-state index contributed by atoms with van der Waals surface area (Å²) in [6, 6.07) is 6.76. The van der Waals surface area contributed by atoms with Crippen LogP contribution in [0.5, 0.6) is 5.75 Å². The van der Waals surface area contributed by atoms with E-state index in [2.05, 4.69) is 20.7 Å². The molecule has 2 N–H and O–H groups in total. The molecule has 12 nitrogen and oxygen atoms in total. The molecular weight excluding hydrogens is 536 g/mol. The van der Waals surface area contributed by atoms with Gasteiger partial charge in [0.2, 0.25) is 11.8 Å². The van der Waals surface area contributed by atoms with Crippen molar-refractivity contribution in [3.8, 4) is 17.0 Å². The lowest BCUT2D eigenvalue weighted by atomic mass is 10.1. The Bertz CT molecular complexity index is 1620. The van der Waals surface area contributed by atoms with E-state index in [0.29, 0.717) is 77.7 Å². The number of ether oxygens (including phenoxy) is 1. The number of benzene rings is 1. The van der Waals surface area contributed by atoms with E-state index in [-0.39, 0.29) is 23.9 Å². The van der Waals surface area contributed by atoms with Crippen molar-refractivity contribution >= 4 is 40.7 Å². The summed E-state index contributed by atoms with van der Waals surface area (Å²) in [6.07, 6.45) is 8.82. The molecule has 3 aromatic heterocycles. The standard InChI is InChI=1S/C27H27ClN8O4/c1-40-22-6-3-16(28)11-19(22)25-21(32-27(39)20-12-30-36-10-2-9-29-26(20)36)15-34(33-25)14-18-5-8-24(38)35(18)13-17-4-7-23(37)31-17/h2-3,6,9-12,15,17-18H,4-5,7-8,13-14H2,1H3,(H,31,37)(H,32,39)/t17-,18?/m1/s1. The number of likely N-dealkylation sites (tertiary alicyclic amines) is 1. The number of anilines is 1. The number of carbonyl (C=O) groups excluding carboxylic acids is 3. The number of aromatic nitrogens is 5. The van der Waals surface area contributed by atoms with Crippen molar-refractivity contribution < 1.29 is 19.1 Å². The minimum absolute atomic E-state index is 0.0159. The van der Waals surface area contributed by atoms with Crippen molar-refractivity contribution in [3.63, 3.8) is 0 Å². The first-order valence-electron chi connectivity index (χ1n) is 13.0. The number of fused-ring (bicyclic) bond motifs is 1. The summed E-state index contributed by atoms with van der Waals surface area (Å²) in [7, 11) is 1.55. The summed E-state index contributed by atoms with van der Waals surface area (Å²) < 4.78 is 8.82. The lowest BCUT2D eigenvalue weighted by Crippen LogP contribution is -2.44. The van der Waals surface area contributed by atoms with Crippen molar-refractivity contribution in [2.75, 3.05) is 19.0 Å². The van der Waals surface area contributed by atoms with Gasteiger partial charge < -0.3 is 20.3 Å². The van der Waals surface area contributed by atoms with Crippen molar-refractivity contribution in [1.82, 2.24) is 34.6 Å². The molecule has 0 spiro atoms. The number of amides is 3. The van der Waals surface area contributed by atoms with Crippen LogP contribution in [0.25, 0.3) is 16.9 Å². The van der Waals surface area contributed by atoms with Crippen LogP contribution >= 0.6 is 11.6 Å². The van der Waals surface area contributed by atoms with Crippen molar-refractivity contribution in [2.24, 2.45) is 0 Å². The second-order valence-electron chi connectivity index (χ2n) is 9.90. The van der Waals surface area contributed by atoms with Gasteiger partial charge in [-0.2, -0.15) is 10.2 Å². The number of hydrogen-bond acceptors (Lipinski definition) is 7. The molecule has 2 aliphatic heterocycles. The van der Waals surface area contributed by atoms with Crippen LogP contribution in [0.15, 0.2) is 49.1 Å². The molecule has 1 unspecified atom stereocenters. The van der Waals surface area contributed by atoms with Gasteiger partial charge in [0.25, 0.3) is 5.91 Å². The summed E-state index contributed by atoms with van der Waals surface area (Å²) in [5.41, 5.74) is 2.25. The SMILES string of the molecule is COc1ccc(Cl)cc1-c1nn(CC2CCC(=O)N2C[C@H]2CCC(=O)N2)cc1NC(=O)c1cnn2cccnc12. The van der Waals surface area contributed by atoms with Crippen LogP contribution in [0.4, 0.5) is 5.69 Å². The van der Waals surface area contributed by atoms with Gasteiger partial charge in [-0.25, -0.2) is 9.50 Å². The largest absolute Gasteiger partial charge is 0.496 e. The molecule has 2 atom stereocenters. The van der Waals surface area contributed by atoms with E-state index in [0.717, 1.165) is 0 Å². The molecule has 2 fully saturated rings. The van der Waals surface area contributed by atoms with E-state index in [1.807, 2.05) is 4.90 Å². The zero-order chi connectivity index (χ0) is 27.8. The molecule has 6 rings (SSSR count). The van der Waals surface area contributed by atoms with E-state index in [1.54, 1.807) is 54.6 Å². The van der Waals surface area contributed by atoms with Crippen LogP contribution in [0.2, 0.25) is 5.02 Å². The van der Waals surface area contributed by atoms with Gasteiger partial charge in [-0.3, -0.25) is 19.1 Å². The average molecular weight is 563 g/mol. The molecule has 0 bridgehead atoms. The van der Waals surface area contributed by atoms with Crippen LogP contribution in [0, 0.1) is 0 Å². The third-order valence-corrected chi connectivity index (χ3v) is 7.54. The molecule has 3 amide bonds. The zero-order valence-corrected chi connectivity index (χ0v) is 22.5. The molecule has 2 saturated heterocycles. The summed E-state index contributed by atoms with van der Waals surface area (Å²) in [4.78, 5) is 43.9. The maximum Gasteiger partial charge on any atom is 0.261 e. The van der Waals surface area contributed by atoms with E-state index in [4.69, 9.17) is 21.4 Å². The number of carbonyl (C=O) groups is 3. The third-order valence-electron chi connectivity index (χ3n) is 7.30. The van der Waals surface area contributed by atoms with E-state index < -0.39 is 5.91 Å². The summed E-state index contributed by atoms with van der Waals surface area (Å²) in [6.45, 7) is 0.882.